The molecule has 0 spiro atoms. The van der Waals surface area contributed by atoms with Gasteiger partial charge in [0.15, 0.2) is 0 Å². The number of hydroxylamine groups is 1. The number of nitrogens with two attached hydrogens (primary N) is 1. The zero-order chi connectivity index (χ0) is 8.69. The van der Waals surface area contributed by atoms with Crippen molar-refractivity contribution in [1.29, 1.82) is 0 Å². The van der Waals surface area contributed by atoms with Crippen LogP contribution in [0.15, 0.2) is 0 Å². The Labute approximate surface area is 65.5 Å². The highest BCUT2D eigenvalue weighted by Crippen LogP contribution is 1.93. The minimum Gasteiger partial charge on any atom is -0.480 e. The average Bonchev–Trinajstić information content (AvgIpc) is 1.97. The number of carboxylic acid groups (broad SMARTS) is 1. The van der Waals surface area contributed by atoms with E-state index in [1.807, 2.05) is 0 Å². The second-order valence-corrected chi connectivity index (χ2v) is 2.14. The van der Waals surface area contributed by atoms with Crippen LogP contribution in [0.5, 0.6) is 0 Å². The largest absolute Gasteiger partial charge is 0.480 e. The van der Waals surface area contributed by atoms with Crippen molar-refractivity contribution in [3.05, 3.63) is 0 Å². The second-order valence-electron chi connectivity index (χ2n) is 2.14. The summed E-state index contributed by atoms with van der Waals surface area (Å²) < 4.78 is 0. The lowest BCUT2D eigenvalue weighted by Gasteiger charge is -2.05. The summed E-state index contributed by atoms with van der Waals surface area (Å²) in [5, 5.41) is 8.36. The van der Waals surface area contributed by atoms with Crippen LogP contribution in [0.3, 0.4) is 0 Å². The maximum Gasteiger partial charge on any atom is 0.320 e. The highest BCUT2D eigenvalue weighted by Gasteiger charge is 2.09. The van der Waals surface area contributed by atoms with Crippen LogP contribution in [0.2, 0.25) is 0 Å². The Morgan fingerprint density at radius 1 is 1.82 bits per heavy atom. The Morgan fingerprint density at radius 3 is 2.91 bits per heavy atom. The van der Waals surface area contributed by atoms with Crippen LogP contribution in [0, 0.1) is 0 Å². The number of aliphatic carboxylic acids is 1. The van der Waals surface area contributed by atoms with E-state index in [4.69, 9.17) is 15.7 Å². The van der Waals surface area contributed by atoms with Crippen LogP contribution in [0.25, 0.3) is 0 Å². The summed E-state index contributed by atoms with van der Waals surface area (Å²) in [5.74, 6) is -0.963. The number of hydrogen-bond donors (Lipinski definition) is 3. The van der Waals surface area contributed by atoms with Gasteiger partial charge in [-0.2, -0.15) is 0 Å². The Hall–Kier alpha value is -0.650. The molecule has 4 N–H and O–H groups in total. The van der Waals surface area contributed by atoms with Crippen molar-refractivity contribution in [3.8, 4) is 0 Å². The van der Waals surface area contributed by atoms with E-state index in [1.165, 1.54) is 0 Å². The van der Waals surface area contributed by atoms with E-state index in [9.17, 15) is 4.79 Å². The first-order valence-electron chi connectivity index (χ1n) is 3.45. The van der Waals surface area contributed by atoms with Gasteiger partial charge in [0, 0.05) is 7.05 Å². The summed E-state index contributed by atoms with van der Waals surface area (Å²) in [7, 11) is 1.65. The molecule has 0 aromatic rings. The Morgan fingerprint density at radius 2 is 2.45 bits per heavy atom. The summed E-state index contributed by atoms with van der Waals surface area (Å²) >= 11 is 0. The molecule has 0 saturated carbocycles. The second kappa shape index (κ2) is 6.09. The molecule has 0 saturated heterocycles. The van der Waals surface area contributed by atoms with Gasteiger partial charge in [-0.25, -0.2) is 5.48 Å². The number of carbonyl (C=O) groups is 1. The van der Waals surface area contributed by atoms with Crippen LogP contribution in [-0.4, -0.2) is 30.8 Å². The fourth-order valence-corrected chi connectivity index (χ4v) is 0.601. The molecule has 0 radical (unpaired) electrons. The molecule has 0 rings (SSSR count). The van der Waals surface area contributed by atoms with E-state index < -0.39 is 12.0 Å². The van der Waals surface area contributed by atoms with Gasteiger partial charge in [-0.05, 0) is 12.8 Å². The number of carboxylic acids is 1. The van der Waals surface area contributed by atoms with Gasteiger partial charge >= 0.3 is 5.97 Å². The van der Waals surface area contributed by atoms with E-state index in [1.54, 1.807) is 7.05 Å². The molecule has 1 atom stereocenters. The molecule has 0 aliphatic heterocycles. The molecule has 0 heterocycles. The lowest BCUT2D eigenvalue weighted by molar-refractivity contribution is -0.138. The molecule has 0 aliphatic rings. The van der Waals surface area contributed by atoms with Crippen LogP contribution in [0.4, 0.5) is 0 Å². The highest BCUT2D eigenvalue weighted by atomic mass is 16.6. The van der Waals surface area contributed by atoms with Crippen LogP contribution in [0.1, 0.15) is 12.8 Å². The number of hydrogen-bond acceptors (Lipinski definition) is 4. The van der Waals surface area contributed by atoms with Gasteiger partial charge in [0.25, 0.3) is 0 Å². The van der Waals surface area contributed by atoms with Crippen LogP contribution in [-0.2, 0) is 9.63 Å². The first-order valence-corrected chi connectivity index (χ1v) is 3.45. The third-order valence-electron chi connectivity index (χ3n) is 1.22. The van der Waals surface area contributed by atoms with Crippen molar-refractivity contribution < 1.29 is 14.7 Å². The summed E-state index contributed by atoms with van der Waals surface area (Å²) in [6.07, 6.45) is 1.09. The first-order chi connectivity index (χ1) is 5.18. The normalized spacial score (nSPS) is 12.9. The predicted molar refractivity (Wildman–Crippen MR) is 39.9 cm³/mol. The maximum absolute atomic E-state index is 10.2. The first kappa shape index (κ1) is 10.3. The molecule has 5 nitrogen and oxygen atoms in total. The van der Waals surface area contributed by atoms with Crippen LogP contribution >= 0.6 is 0 Å². The highest BCUT2D eigenvalue weighted by molar-refractivity contribution is 5.72. The molecule has 0 amide bonds. The third kappa shape index (κ3) is 5.78. The molecule has 0 aliphatic carbocycles. The molecule has 0 aromatic carbocycles. The van der Waals surface area contributed by atoms with E-state index in [0.29, 0.717) is 19.4 Å². The molecular weight excluding hydrogens is 148 g/mol. The fourth-order valence-electron chi connectivity index (χ4n) is 0.601. The minimum absolute atomic E-state index is 0.441. The Kier molecular flexibility index (Phi) is 5.73. The molecule has 0 aromatic heterocycles. The zero-order valence-corrected chi connectivity index (χ0v) is 6.54. The molecule has 5 heteroatoms. The Bertz CT molecular complexity index is 118. The third-order valence-corrected chi connectivity index (χ3v) is 1.22. The minimum atomic E-state index is -0.963. The maximum atomic E-state index is 10.2. The molecule has 1 unspecified atom stereocenters. The lowest BCUT2D eigenvalue weighted by Crippen LogP contribution is -2.30. The average molecular weight is 162 g/mol. The van der Waals surface area contributed by atoms with Crippen LogP contribution < -0.4 is 11.2 Å². The molecule has 0 bridgehead atoms. The standard InChI is InChI=1S/C6H14N2O3/c1-8-11-4-2-3-5(7)6(9)10/h5,8H,2-4,7H2,1H3,(H,9,10). The number of rotatable bonds is 6. The molecule has 11 heavy (non-hydrogen) atoms. The summed E-state index contributed by atoms with van der Waals surface area (Å²) in [5.41, 5.74) is 7.71. The van der Waals surface area contributed by atoms with Gasteiger partial charge in [0.1, 0.15) is 6.04 Å². The zero-order valence-electron chi connectivity index (χ0n) is 6.54. The Balaban J connectivity index is 3.17. The molecule has 66 valence electrons. The SMILES string of the molecule is CNOCCCC(N)C(=O)O. The van der Waals surface area contributed by atoms with Crippen molar-refractivity contribution in [3.63, 3.8) is 0 Å². The van der Waals surface area contributed by atoms with Gasteiger partial charge in [-0.3, -0.25) is 4.79 Å². The quantitative estimate of drug-likeness (QED) is 0.356. The molecular formula is C6H14N2O3. The summed E-state index contributed by atoms with van der Waals surface area (Å²) in [6.45, 7) is 0.484. The topological polar surface area (TPSA) is 84.6 Å². The smallest absolute Gasteiger partial charge is 0.320 e. The monoisotopic (exact) mass is 162 g/mol. The van der Waals surface area contributed by atoms with Gasteiger partial charge < -0.3 is 15.7 Å². The summed E-state index contributed by atoms with van der Waals surface area (Å²) in [4.78, 5) is 14.9. The van der Waals surface area contributed by atoms with Gasteiger partial charge in [0.05, 0.1) is 6.61 Å². The van der Waals surface area contributed by atoms with E-state index in [-0.39, 0.29) is 0 Å². The molecule has 0 fully saturated rings. The van der Waals surface area contributed by atoms with E-state index in [2.05, 4.69) is 5.48 Å². The van der Waals surface area contributed by atoms with Crippen molar-refractivity contribution in [2.45, 2.75) is 18.9 Å². The number of nitrogens with one attached hydrogen (secondary N) is 1. The van der Waals surface area contributed by atoms with Crippen molar-refractivity contribution in [2.75, 3.05) is 13.7 Å². The predicted octanol–water partition coefficient (Wildman–Crippen LogP) is -0.670. The van der Waals surface area contributed by atoms with Gasteiger partial charge in [-0.15, -0.1) is 0 Å². The van der Waals surface area contributed by atoms with E-state index in [0.717, 1.165) is 0 Å². The summed E-state index contributed by atoms with van der Waals surface area (Å²) in [6, 6.07) is -0.768. The lowest BCUT2D eigenvalue weighted by atomic mass is 10.2. The van der Waals surface area contributed by atoms with Crippen molar-refractivity contribution in [1.82, 2.24) is 5.48 Å². The van der Waals surface area contributed by atoms with Crippen molar-refractivity contribution >= 4 is 5.97 Å². The van der Waals surface area contributed by atoms with Gasteiger partial charge in [-0.1, -0.05) is 0 Å². The van der Waals surface area contributed by atoms with Gasteiger partial charge in [0.2, 0.25) is 0 Å². The van der Waals surface area contributed by atoms with Crippen molar-refractivity contribution in [2.24, 2.45) is 5.73 Å². The van der Waals surface area contributed by atoms with E-state index >= 15 is 0 Å². The fraction of sp³-hybridized carbons (Fsp3) is 0.833.